The number of amides is 1. The van der Waals surface area contributed by atoms with Crippen LogP contribution in [0.3, 0.4) is 0 Å². The Bertz CT molecular complexity index is 890. The molecule has 0 bridgehead atoms. The zero-order chi connectivity index (χ0) is 17.9. The third-order valence-corrected chi connectivity index (χ3v) is 5.41. The molecule has 1 aliphatic carbocycles. The first-order chi connectivity index (χ1) is 12.7. The molecule has 0 saturated heterocycles. The standard InChI is InChI=1S/C20H19FN2O2S/c21-16-6-2-1-5-14(16)11-23(15-9-10-15)20(24)13-25-12-19-22-17-7-3-4-8-18(17)26-19/h1-8,15H,9-13H2. The van der Waals surface area contributed by atoms with Crippen molar-refractivity contribution in [1.82, 2.24) is 9.88 Å². The minimum absolute atomic E-state index is 0.0130. The number of carbonyl (C=O) groups excluding carboxylic acids is 1. The minimum Gasteiger partial charge on any atom is -0.364 e. The SMILES string of the molecule is O=C(COCc1nc2ccccc2s1)N(Cc1ccccc1F)C1CC1. The average Bonchev–Trinajstić information content (AvgIpc) is 3.39. The lowest BCUT2D eigenvalue weighted by molar-refractivity contribution is -0.137. The molecule has 4 rings (SSSR count). The van der Waals surface area contributed by atoms with Crippen molar-refractivity contribution < 1.29 is 13.9 Å². The third kappa shape index (κ3) is 3.92. The van der Waals surface area contributed by atoms with E-state index in [1.807, 2.05) is 24.3 Å². The molecule has 1 fully saturated rings. The first-order valence-corrected chi connectivity index (χ1v) is 9.47. The Morgan fingerprint density at radius 1 is 1.19 bits per heavy atom. The predicted octanol–water partition coefficient (Wildman–Crippen LogP) is 4.14. The van der Waals surface area contributed by atoms with E-state index in [0.29, 0.717) is 18.7 Å². The summed E-state index contributed by atoms with van der Waals surface area (Å²) in [5.41, 5.74) is 1.49. The lowest BCUT2D eigenvalue weighted by Crippen LogP contribution is -2.35. The van der Waals surface area contributed by atoms with Gasteiger partial charge in [-0.3, -0.25) is 4.79 Å². The summed E-state index contributed by atoms with van der Waals surface area (Å²) in [6, 6.07) is 14.7. The molecule has 0 N–H and O–H groups in total. The third-order valence-electron chi connectivity index (χ3n) is 4.40. The highest BCUT2D eigenvalue weighted by molar-refractivity contribution is 7.18. The minimum atomic E-state index is -0.277. The molecular formula is C20H19FN2O2S. The number of para-hydroxylation sites is 1. The van der Waals surface area contributed by atoms with E-state index < -0.39 is 0 Å². The van der Waals surface area contributed by atoms with Crippen LogP contribution >= 0.6 is 11.3 Å². The second-order valence-corrected chi connectivity index (χ2v) is 7.53. The molecule has 4 nitrogen and oxygen atoms in total. The molecule has 0 atom stereocenters. The largest absolute Gasteiger partial charge is 0.364 e. The van der Waals surface area contributed by atoms with Gasteiger partial charge in [0.25, 0.3) is 0 Å². The van der Waals surface area contributed by atoms with E-state index in [4.69, 9.17) is 4.74 Å². The van der Waals surface area contributed by atoms with Crippen molar-refractivity contribution in [2.75, 3.05) is 6.61 Å². The molecule has 1 aliphatic rings. The van der Waals surface area contributed by atoms with Crippen molar-refractivity contribution in [2.24, 2.45) is 0 Å². The molecule has 0 unspecified atom stereocenters. The van der Waals surface area contributed by atoms with Gasteiger partial charge in [0.05, 0.1) is 16.8 Å². The molecule has 134 valence electrons. The van der Waals surface area contributed by atoms with Crippen molar-refractivity contribution in [3.05, 3.63) is 64.9 Å². The summed E-state index contributed by atoms with van der Waals surface area (Å²) < 4.78 is 20.6. The Hall–Kier alpha value is -2.31. The van der Waals surface area contributed by atoms with Crippen LogP contribution in [0.1, 0.15) is 23.4 Å². The number of carbonyl (C=O) groups is 1. The fourth-order valence-electron chi connectivity index (χ4n) is 2.91. The predicted molar refractivity (Wildman–Crippen MR) is 99.2 cm³/mol. The van der Waals surface area contributed by atoms with Gasteiger partial charge in [-0.15, -0.1) is 11.3 Å². The highest BCUT2D eigenvalue weighted by Gasteiger charge is 2.32. The summed E-state index contributed by atoms with van der Waals surface area (Å²) in [6.07, 6.45) is 1.94. The van der Waals surface area contributed by atoms with Gasteiger partial charge in [-0.2, -0.15) is 0 Å². The summed E-state index contributed by atoms with van der Waals surface area (Å²) >= 11 is 1.57. The number of fused-ring (bicyclic) bond motifs is 1. The van der Waals surface area contributed by atoms with Gasteiger partial charge in [0.1, 0.15) is 17.4 Å². The molecule has 1 heterocycles. The highest BCUT2D eigenvalue weighted by Crippen LogP contribution is 2.29. The van der Waals surface area contributed by atoms with Gasteiger partial charge in [-0.05, 0) is 31.0 Å². The Labute approximate surface area is 155 Å². The Morgan fingerprint density at radius 3 is 2.73 bits per heavy atom. The maximum absolute atomic E-state index is 13.9. The smallest absolute Gasteiger partial charge is 0.249 e. The number of benzene rings is 2. The summed E-state index contributed by atoms with van der Waals surface area (Å²) in [5.74, 6) is -0.377. The molecule has 3 aromatic rings. The molecule has 0 spiro atoms. The summed E-state index contributed by atoms with van der Waals surface area (Å²) in [5, 5.41) is 0.853. The van der Waals surface area contributed by atoms with Crippen LogP contribution in [-0.2, 0) is 22.7 Å². The van der Waals surface area contributed by atoms with Gasteiger partial charge in [-0.25, -0.2) is 9.37 Å². The summed E-state index contributed by atoms with van der Waals surface area (Å²) in [6.45, 7) is 0.588. The van der Waals surface area contributed by atoms with E-state index in [-0.39, 0.29) is 24.4 Å². The van der Waals surface area contributed by atoms with Crippen LogP contribution in [0.5, 0.6) is 0 Å². The van der Waals surface area contributed by atoms with Gasteiger partial charge in [0.15, 0.2) is 0 Å². The molecule has 2 aromatic carbocycles. The van der Waals surface area contributed by atoms with E-state index in [2.05, 4.69) is 4.98 Å². The van der Waals surface area contributed by atoms with E-state index in [9.17, 15) is 9.18 Å². The quantitative estimate of drug-likeness (QED) is 0.628. The second-order valence-electron chi connectivity index (χ2n) is 6.41. The number of ether oxygens (including phenoxy) is 1. The number of halogens is 1. The number of nitrogens with zero attached hydrogens (tertiary/aromatic N) is 2. The van der Waals surface area contributed by atoms with Crippen molar-refractivity contribution >= 4 is 27.5 Å². The zero-order valence-electron chi connectivity index (χ0n) is 14.2. The van der Waals surface area contributed by atoms with E-state index in [0.717, 1.165) is 28.1 Å². The first kappa shape index (κ1) is 17.1. The molecular weight excluding hydrogens is 351 g/mol. The van der Waals surface area contributed by atoms with Gasteiger partial charge >= 0.3 is 0 Å². The molecule has 1 aromatic heterocycles. The van der Waals surface area contributed by atoms with Crippen molar-refractivity contribution in [1.29, 1.82) is 0 Å². The first-order valence-electron chi connectivity index (χ1n) is 8.66. The Morgan fingerprint density at radius 2 is 1.96 bits per heavy atom. The number of thiazole rings is 1. The molecule has 1 saturated carbocycles. The molecule has 26 heavy (non-hydrogen) atoms. The van der Waals surface area contributed by atoms with Crippen molar-refractivity contribution in [3.8, 4) is 0 Å². The average molecular weight is 370 g/mol. The van der Waals surface area contributed by atoms with Crippen LogP contribution in [0.25, 0.3) is 10.2 Å². The highest BCUT2D eigenvalue weighted by atomic mass is 32.1. The maximum atomic E-state index is 13.9. The number of rotatable bonds is 7. The topological polar surface area (TPSA) is 42.4 Å². The van der Waals surface area contributed by atoms with Gasteiger partial charge in [0, 0.05) is 18.2 Å². The Balaban J connectivity index is 1.35. The van der Waals surface area contributed by atoms with Crippen LogP contribution in [0.2, 0.25) is 0 Å². The lowest BCUT2D eigenvalue weighted by Gasteiger charge is -2.22. The lowest BCUT2D eigenvalue weighted by atomic mass is 10.2. The van der Waals surface area contributed by atoms with Gasteiger partial charge in [-0.1, -0.05) is 30.3 Å². The number of hydrogen-bond donors (Lipinski definition) is 0. The van der Waals surface area contributed by atoms with Gasteiger partial charge in [0.2, 0.25) is 5.91 Å². The molecule has 6 heteroatoms. The monoisotopic (exact) mass is 370 g/mol. The fraction of sp³-hybridized carbons (Fsp3) is 0.300. The molecule has 0 radical (unpaired) electrons. The van der Waals surface area contributed by atoms with Crippen LogP contribution in [-0.4, -0.2) is 28.4 Å². The molecule has 1 amide bonds. The summed E-state index contributed by atoms with van der Waals surface area (Å²) in [7, 11) is 0. The van der Waals surface area contributed by atoms with Gasteiger partial charge < -0.3 is 9.64 Å². The van der Waals surface area contributed by atoms with E-state index in [1.54, 1.807) is 34.4 Å². The van der Waals surface area contributed by atoms with Crippen LogP contribution in [0.4, 0.5) is 4.39 Å². The van der Waals surface area contributed by atoms with E-state index >= 15 is 0 Å². The summed E-state index contributed by atoms with van der Waals surface area (Å²) in [4.78, 5) is 18.8. The van der Waals surface area contributed by atoms with Crippen LogP contribution in [0, 0.1) is 5.82 Å². The zero-order valence-corrected chi connectivity index (χ0v) is 15.0. The van der Waals surface area contributed by atoms with Crippen LogP contribution < -0.4 is 0 Å². The normalized spacial score (nSPS) is 13.9. The number of aromatic nitrogens is 1. The van der Waals surface area contributed by atoms with Crippen molar-refractivity contribution in [2.45, 2.75) is 32.0 Å². The fourth-order valence-corrected chi connectivity index (χ4v) is 3.81. The van der Waals surface area contributed by atoms with Crippen LogP contribution in [0.15, 0.2) is 48.5 Å². The maximum Gasteiger partial charge on any atom is 0.249 e. The van der Waals surface area contributed by atoms with E-state index in [1.165, 1.54) is 6.07 Å². The van der Waals surface area contributed by atoms with Crippen molar-refractivity contribution in [3.63, 3.8) is 0 Å². The second kappa shape index (κ2) is 7.51. The Kier molecular flexibility index (Phi) is 4.95. The number of hydrogen-bond acceptors (Lipinski definition) is 4. The molecule has 0 aliphatic heterocycles.